The second-order valence-electron chi connectivity index (χ2n) is 3.26. The van der Waals surface area contributed by atoms with Crippen molar-refractivity contribution >= 4 is 9.84 Å². The minimum atomic E-state index is -3.23. The molecule has 1 N–H and O–H groups in total. The van der Waals surface area contributed by atoms with Crippen molar-refractivity contribution < 1.29 is 8.42 Å². The summed E-state index contributed by atoms with van der Waals surface area (Å²) in [4.78, 5) is 0. The van der Waals surface area contributed by atoms with Crippen LogP contribution in [0.5, 0.6) is 0 Å². The van der Waals surface area contributed by atoms with Crippen LogP contribution in [0.2, 0.25) is 0 Å². The Balaban J connectivity index is 3.01. The second-order valence-corrected chi connectivity index (χ2v) is 5.85. The van der Waals surface area contributed by atoms with Gasteiger partial charge in [-0.2, -0.15) is 5.26 Å². The first-order valence-corrected chi connectivity index (χ1v) is 6.07. The zero-order valence-corrected chi connectivity index (χ0v) is 8.52. The number of nitrogens with one attached hydrogen (secondary N) is 1. The maximum Gasteiger partial charge on any atom is 0.169 e. The summed E-state index contributed by atoms with van der Waals surface area (Å²) in [6, 6.07) is 1.98. The number of piperidine rings is 1. The van der Waals surface area contributed by atoms with Gasteiger partial charge in [-0.1, -0.05) is 6.92 Å². The smallest absolute Gasteiger partial charge is 0.169 e. The predicted octanol–water partition coefficient (Wildman–Crippen LogP) is 0.0669. The van der Waals surface area contributed by atoms with Gasteiger partial charge in [0.15, 0.2) is 14.6 Å². The van der Waals surface area contributed by atoms with Crippen molar-refractivity contribution in [2.24, 2.45) is 0 Å². The molecule has 0 saturated carbocycles. The van der Waals surface area contributed by atoms with E-state index in [1.54, 1.807) is 6.92 Å². The van der Waals surface area contributed by atoms with Crippen molar-refractivity contribution in [2.75, 3.05) is 18.8 Å². The van der Waals surface area contributed by atoms with Crippen molar-refractivity contribution in [3.63, 3.8) is 0 Å². The van der Waals surface area contributed by atoms with Crippen LogP contribution in [0.25, 0.3) is 0 Å². The molecular formula is C8H14N2O2S. The minimum Gasteiger partial charge on any atom is -0.317 e. The molecule has 0 aromatic heterocycles. The van der Waals surface area contributed by atoms with E-state index >= 15 is 0 Å². The van der Waals surface area contributed by atoms with Crippen LogP contribution >= 0.6 is 0 Å². The molecule has 0 aromatic rings. The summed E-state index contributed by atoms with van der Waals surface area (Å²) in [6.07, 6.45) is 0.833. The average molecular weight is 202 g/mol. The Labute approximate surface area is 78.9 Å². The first-order valence-electron chi connectivity index (χ1n) is 4.42. The molecule has 0 spiro atoms. The van der Waals surface area contributed by atoms with Crippen molar-refractivity contribution in [1.82, 2.24) is 5.32 Å². The van der Waals surface area contributed by atoms with Crippen LogP contribution in [-0.2, 0) is 9.84 Å². The predicted molar refractivity (Wildman–Crippen MR) is 49.9 cm³/mol. The highest BCUT2D eigenvalue weighted by Crippen LogP contribution is 2.27. The number of sulfone groups is 1. The summed E-state index contributed by atoms with van der Waals surface area (Å²) in [5, 5.41) is 12.0. The zero-order valence-electron chi connectivity index (χ0n) is 7.71. The van der Waals surface area contributed by atoms with Gasteiger partial charge in [0.05, 0.1) is 6.07 Å². The number of hydrogen-bond donors (Lipinski definition) is 1. The van der Waals surface area contributed by atoms with Gasteiger partial charge in [0.2, 0.25) is 0 Å². The quantitative estimate of drug-likeness (QED) is 0.687. The highest BCUT2D eigenvalue weighted by Gasteiger charge is 2.43. The van der Waals surface area contributed by atoms with E-state index in [0.29, 0.717) is 25.9 Å². The van der Waals surface area contributed by atoms with E-state index in [4.69, 9.17) is 5.26 Å². The molecule has 1 rings (SSSR count). The summed E-state index contributed by atoms with van der Waals surface area (Å²) in [7, 11) is -3.23. The number of hydrogen-bond acceptors (Lipinski definition) is 4. The number of nitrogens with zero attached hydrogens (tertiary/aromatic N) is 1. The molecule has 0 amide bonds. The molecule has 0 unspecified atom stereocenters. The van der Waals surface area contributed by atoms with Crippen LogP contribution in [0.4, 0.5) is 0 Å². The standard InChI is InChI=1S/C8H14N2O2S/c1-2-13(11,12)8(7-9)3-5-10-6-4-8/h10H,2-6H2,1H3. The highest BCUT2D eigenvalue weighted by atomic mass is 32.2. The topological polar surface area (TPSA) is 70.0 Å². The van der Waals surface area contributed by atoms with Gasteiger partial charge in [-0.15, -0.1) is 0 Å². The van der Waals surface area contributed by atoms with E-state index in [2.05, 4.69) is 5.32 Å². The highest BCUT2D eigenvalue weighted by molar-refractivity contribution is 7.93. The van der Waals surface area contributed by atoms with Crippen molar-refractivity contribution in [3.05, 3.63) is 0 Å². The Morgan fingerprint density at radius 2 is 2.00 bits per heavy atom. The molecule has 1 saturated heterocycles. The van der Waals surface area contributed by atoms with Gasteiger partial charge in [0.1, 0.15) is 0 Å². The molecule has 0 atom stereocenters. The summed E-state index contributed by atoms with van der Waals surface area (Å²) in [5.41, 5.74) is 0. The lowest BCUT2D eigenvalue weighted by Gasteiger charge is -2.30. The molecule has 1 fully saturated rings. The molecule has 13 heavy (non-hydrogen) atoms. The minimum absolute atomic E-state index is 0.0561. The fourth-order valence-electron chi connectivity index (χ4n) is 1.60. The Morgan fingerprint density at radius 3 is 2.38 bits per heavy atom. The summed E-state index contributed by atoms with van der Waals surface area (Å²) >= 11 is 0. The van der Waals surface area contributed by atoms with Crippen molar-refractivity contribution in [1.29, 1.82) is 5.26 Å². The monoisotopic (exact) mass is 202 g/mol. The fraction of sp³-hybridized carbons (Fsp3) is 0.875. The summed E-state index contributed by atoms with van der Waals surface area (Å²) in [5.74, 6) is 0.0561. The molecule has 0 aliphatic carbocycles. The Kier molecular flexibility index (Phi) is 2.94. The van der Waals surface area contributed by atoms with Gasteiger partial charge in [0.25, 0.3) is 0 Å². The number of nitriles is 1. The molecule has 1 aliphatic rings. The molecule has 1 heterocycles. The SMILES string of the molecule is CCS(=O)(=O)C1(C#N)CCNCC1. The van der Waals surface area contributed by atoms with E-state index in [9.17, 15) is 8.42 Å². The first kappa shape index (κ1) is 10.5. The largest absolute Gasteiger partial charge is 0.317 e. The lowest BCUT2D eigenvalue weighted by Crippen LogP contribution is -2.47. The Morgan fingerprint density at radius 1 is 1.46 bits per heavy atom. The first-order chi connectivity index (χ1) is 6.08. The zero-order chi connectivity index (χ0) is 9.95. The van der Waals surface area contributed by atoms with Crippen LogP contribution in [-0.4, -0.2) is 32.0 Å². The van der Waals surface area contributed by atoms with Crippen molar-refractivity contribution in [3.8, 4) is 6.07 Å². The third-order valence-electron chi connectivity index (χ3n) is 2.59. The Bertz CT molecular complexity index is 310. The number of rotatable bonds is 2. The molecule has 0 aromatic carbocycles. The third kappa shape index (κ3) is 1.69. The lowest BCUT2D eigenvalue weighted by molar-refractivity contribution is 0.445. The normalized spacial score (nSPS) is 22.2. The molecule has 5 heteroatoms. The van der Waals surface area contributed by atoms with E-state index < -0.39 is 14.6 Å². The van der Waals surface area contributed by atoms with Gasteiger partial charge in [0, 0.05) is 5.75 Å². The van der Waals surface area contributed by atoms with E-state index in [0.717, 1.165) is 0 Å². The molecule has 0 radical (unpaired) electrons. The van der Waals surface area contributed by atoms with Crippen LogP contribution < -0.4 is 5.32 Å². The van der Waals surface area contributed by atoms with Crippen LogP contribution in [0.3, 0.4) is 0 Å². The lowest BCUT2D eigenvalue weighted by atomic mass is 9.99. The molecular weight excluding hydrogens is 188 g/mol. The van der Waals surface area contributed by atoms with Crippen LogP contribution in [0, 0.1) is 11.3 Å². The van der Waals surface area contributed by atoms with E-state index in [1.165, 1.54) is 0 Å². The maximum absolute atomic E-state index is 11.7. The van der Waals surface area contributed by atoms with E-state index in [-0.39, 0.29) is 5.75 Å². The van der Waals surface area contributed by atoms with E-state index in [1.807, 2.05) is 6.07 Å². The van der Waals surface area contributed by atoms with Gasteiger partial charge < -0.3 is 5.32 Å². The molecule has 0 bridgehead atoms. The van der Waals surface area contributed by atoms with Crippen LogP contribution in [0.1, 0.15) is 19.8 Å². The average Bonchev–Trinajstić information content (AvgIpc) is 2.18. The molecule has 4 nitrogen and oxygen atoms in total. The van der Waals surface area contributed by atoms with Gasteiger partial charge in [-0.3, -0.25) is 0 Å². The van der Waals surface area contributed by atoms with Gasteiger partial charge in [-0.25, -0.2) is 8.42 Å². The van der Waals surface area contributed by atoms with Gasteiger partial charge in [-0.05, 0) is 25.9 Å². The van der Waals surface area contributed by atoms with Crippen LogP contribution in [0.15, 0.2) is 0 Å². The van der Waals surface area contributed by atoms with Crippen molar-refractivity contribution in [2.45, 2.75) is 24.5 Å². The summed E-state index contributed by atoms with van der Waals surface area (Å²) in [6.45, 7) is 2.83. The second kappa shape index (κ2) is 3.64. The molecule has 1 aliphatic heterocycles. The summed E-state index contributed by atoms with van der Waals surface area (Å²) < 4.78 is 22.2. The fourth-order valence-corrected chi connectivity index (χ4v) is 3.12. The maximum atomic E-state index is 11.7. The van der Waals surface area contributed by atoms with Gasteiger partial charge >= 0.3 is 0 Å². The molecule has 74 valence electrons. The Hall–Kier alpha value is -0.600. The third-order valence-corrected chi connectivity index (χ3v) is 5.04.